The molecule has 36 heavy (non-hydrogen) atoms. The number of hydrogen-bond donors (Lipinski definition) is 2. The van der Waals surface area contributed by atoms with Crippen LogP contribution in [-0.2, 0) is 11.8 Å². The number of carbonyl (C=O) groups is 1. The fourth-order valence-corrected chi connectivity index (χ4v) is 4.21. The predicted molar refractivity (Wildman–Crippen MR) is 136 cm³/mol. The number of halogens is 2. The van der Waals surface area contributed by atoms with Gasteiger partial charge in [-0.1, -0.05) is 24.3 Å². The van der Waals surface area contributed by atoms with Gasteiger partial charge in [0, 0.05) is 30.6 Å². The molecule has 6 nitrogen and oxygen atoms in total. The molecule has 0 saturated carbocycles. The first-order valence-corrected chi connectivity index (χ1v) is 11.3. The minimum atomic E-state index is -0.526. The molecule has 0 saturated heterocycles. The van der Waals surface area contributed by atoms with Crippen LogP contribution < -0.4 is 10.9 Å². The van der Waals surface area contributed by atoms with Crippen LogP contribution in [0.25, 0.3) is 33.3 Å². The van der Waals surface area contributed by atoms with Gasteiger partial charge in [0.1, 0.15) is 17.5 Å². The van der Waals surface area contributed by atoms with Gasteiger partial charge in [0.15, 0.2) is 0 Å². The van der Waals surface area contributed by atoms with Crippen LogP contribution in [0.1, 0.15) is 18.4 Å². The molecule has 0 aliphatic rings. The minimum Gasteiger partial charge on any atom is -0.354 e. The molecule has 5 aromatic rings. The van der Waals surface area contributed by atoms with E-state index in [0.29, 0.717) is 44.7 Å². The summed E-state index contributed by atoms with van der Waals surface area (Å²) in [6, 6.07) is 17.0. The summed E-state index contributed by atoms with van der Waals surface area (Å²) >= 11 is 0. The Morgan fingerprint density at radius 2 is 1.64 bits per heavy atom. The number of carbonyl (C=O) groups excluding carboxylic acids is 1. The molecule has 1 amide bonds. The van der Waals surface area contributed by atoms with E-state index in [4.69, 9.17) is 0 Å². The summed E-state index contributed by atoms with van der Waals surface area (Å²) in [5.74, 6) is -1.25. The van der Waals surface area contributed by atoms with Crippen LogP contribution in [0, 0.1) is 11.6 Å². The van der Waals surface area contributed by atoms with E-state index in [1.54, 1.807) is 62.8 Å². The van der Waals surface area contributed by atoms with E-state index < -0.39 is 5.92 Å². The number of nitrogens with one attached hydrogen (secondary N) is 2. The average molecular weight is 485 g/mol. The van der Waals surface area contributed by atoms with Gasteiger partial charge in [-0.2, -0.15) is 0 Å². The van der Waals surface area contributed by atoms with Crippen LogP contribution in [0.3, 0.4) is 0 Å². The lowest BCUT2D eigenvalue weighted by Gasteiger charge is -2.13. The van der Waals surface area contributed by atoms with Gasteiger partial charge in [-0.05, 0) is 60.5 Å². The Bertz CT molecular complexity index is 1640. The number of hydrogen-bond acceptors (Lipinski definition) is 3. The van der Waals surface area contributed by atoms with E-state index in [0.717, 1.165) is 0 Å². The standard InChI is InChI=1S/C28H22F2N4O2/c1-16(17-3-7-20(29)8-4-17)27(35)33-23-15-19(11-13-31-23)26-24(18-5-9-21(30)10-6-18)25-22(32-26)12-14-34(2)28(25)36/h3-16,32H,1-2H3,(H,31,33,35)/t16-/m0/s1. The third-order valence-corrected chi connectivity index (χ3v) is 6.22. The van der Waals surface area contributed by atoms with E-state index in [1.807, 2.05) is 6.07 Å². The van der Waals surface area contributed by atoms with E-state index in [9.17, 15) is 18.4 Å². The quantitative estimate of drug-likeness (QED) is 0.340. The fraction of sp³-hybridized carbons (Fsp3) is 0.107. The van der Waals surface area contributed by atoms with E-state index in [-0.39, 0.29) is 23.1 Å². The zero-order valence-corrected chi connectivity index (χ0v) is 19.5. The normalized spacial score (nSPS) is 12.0. The summed E-state index contributed by atoms with van der Waals surface area (Å²) < 4.78 is 28.4. The van der Waals surface area contributed by atoms with E-state index >= 15 is 0 Å². The highest BCUT2D eigenvalue weighted by atomic mass is 19.1. The Labute approximate surface area is 205 Å². The highest BCUT2D eigenvalue weighted by Crippen LogP contribution is 2.37. The van der Waals surface area contributed by atoms with Crippen LogP contribution in [0.5, 0.6) is 0 Å². The molecular formula is C28H22F2N4O2. The van der Waals surface area contributed by atoms with Crippen molar-refractivity contribution in [1.82, 2.24) is 14.5 Å². The largest absolute Gasteiger partial charge is 0.354 e. The van der Waals surface area contributed by atoms with Crippen molar-refractivity contribution in [2.24, 2.45) is 7.05 Å². The van der Waals surface area contributed by atoms with Crippen molar-refractivity contribution in [2.45, 2.75) is 12.8 Å². The number of aromatic nitrogens is 3. The molecule has 2 aromatic carbocycles. The van der Waals surface area contributed by atoms with Gasteiger partial charge in [0.05, 0.1) is 22.5 Å². The highest BCUT2D eigenvalue weighted by molar-refractivity contribution is 6.03. The van der Waals surface area contributed by atoms with Crippen LogP contribution in [-0.4, -0.2) is 20.4 Å². The second-order valence-electron chi connectivity index (χ2n) is 8.59. The summed E-state index contributed by atoms with van der Waals surface area (Å²) in [6.45, 7) is 1.73. The maximum absolute atomic E-state index is 13.7. The molecule has 0 aliphatic carbocycles. The number of benzene rings is 2. The van der Waals surface area contributed by atoms with Gasteiger partial charge < -0.3 is 14.9 Å². The molecule has 1 atom stereocenters. The lowest BCUT2D eigenvalue weighted by atomic mass is 9.99. The number of nitrogens with zero attached hydrogens (tertiary/aromatic N) is 2. The van der Waals surface area contributed by atoms with Crippen molar-refractivity contribution < 1.29 is 13.6 Å². The predicted octanol–water partition coefficient (Wildman–Crippen LogP) is 5.62. The molecule has 3 aromatic heterocycles. The van der Waals surface area contributed by atoms with Gasteiger partial charge in [-0.3, -0.25) is 9.59 Å². The first-order valence-electron chi connectivity index (χ1n) is 11.3. The van der Waals surface area contributed by atoms with Crippen LogP contribution >= 0.6 is 0 Å². The van der Waals surface area contributed by atoms with Gasteiger partial charge >= 0.3 is 0 Å². The summed E-state index contributed by atoms with van der Waals surface area (Å²) in [5, 5.41) is 3.29. The summed E-state index contributed by atoms with van der Waals surface area (Å²) in [5.41, 5.74) is 3.76. The SMILES string of the molecule is C[C@H](C(=O)Nc1cc(-c2[nH]c3ccn(C)c(=O)c3c2-c2ccc(F)cc2)ccn1)c1ccc(F)cc1. The van der Waals surface area contributed by atoms with Crippen molar-refractivity contribution in [3.05, 3.63) is 107 Å². The van der Waals surface area contributed by atoms with Gasteiger partial charge in [0.25, 0.3) is 5.56 Å². The molecule has 3 heterocycles. The smallest absolute Gasteiger partial charge is 0.260 e. The Morgan fingerprint density at radius 3 is 2.33 bits per heavy atom. The van der Waals surface area contributed by atoms with Crippen molar-refractivity contribution in [2.75, 3.05) is 5.32 Å². The van der Waals surface area contributed by atoms with E-state index in [1.165, 1.54) is 28.8 Å². The zero-order valence-electron chi connectivity index (χ0n) is 19.5. The molecule has 0 spiro atoms. The number of H-pyrrole nitrogens is 1. The molecule has 2 N–H and O–H groups in total. The average Bonchev–Trinajstić information content (AvgIpc) is 3.27. The number of fused-ring (bicyclic) bond motifs is 1. The van der Waals surface area contributed by atoms with Crippen LogP contribution in [0.4, 0.5) is 14.6 Å². The Morgan fingerprint density at radius 1 is 0.972 bits per heavy atom. The first-order chi connectivity index (χ1) is 17.3. The molecule has 0 radical (unpaired) electrons. The number of amides is 1. The van der Waals surface area contributed by atoms with Crippen LogP contribution in [0.2, 0.25) is 0 Å². The summed E-state index contributed by atoms with van der Waals surface area (Å²) in [6.07, 6.45) is 3.24. The molecule has 0 bridgehead atoms. The third kappa shape index (κ3) is 4.29. The number of aromatic amines is 1. The second-order valence-corrected chi connectivity index (χ2v) is 8.59. The molecule has 0 unspecified atom stereocenters. The highest BCUT2D eigenvalue weighted by Gasteiger charge is 2.20. The molecular weight excluding hydrogens is 462 g/mol. The van der Waals surface area contributed by atoms with Crippen molar-refractivity contribution in [3.8, 4) is 22.4 Å². The Balaban J connectivity index is 1.56. The number of aryl methyl sites for hydroxylation is 1. The molecule has 0 aliphatic heterocycles. The third-order valence-electron chi connectivity index (χ3n) is 6.22. The second kappa shape index (κ2) is 9.22. The molecule has 5 rings (SSSR count). The van der Waals surface area contributed by atoms with Crippen LogP contribution in [0.15, 0.2) is 83.9 Å². The Kier molecular flexibility index (Phi) is 5.93. The van der Waals surface area contributed by atoms with Crippen molar-refractivity contribution in [1.29, 1.82) is 0 Å². The minimum absolute atomic E-state index is 0.190. The number of pyridine rings is 2. The first kappa shape index (κ1) is 23.2. The molecule has 180 valence electrons. The Hall–Kier alpha value is -4.59. The lowest BCUT2D eigenvalue weighted by molar-refractivity contribution is -0.117. The molecule has 8 heteroatoms. The molecule has 0 fully saturated rings. The monoisotopic (exact) mass is 484 g/mol. The van der Waals surface area contributed by atoms with Crippen molar-refractivity contribution >= 4 is 22.6 Å². The van der Waals surface area contributed by atoms with Gasteiger partial charge in [0.2, 0.25) is 5.91 Å². The topological polar surface area (TPSA) is 79.8 Å². The van der Waals surface area contributed by atoms with Gasteiger partial charge in [-0.25, -0.2) is 13.8 Å². The number of rotatable bonds is 5. The maximum Gasteiger partial charge on any atom is 0.260 e. The van der Waals surface area contributed by atoms with E-state index in [2.05, 4.69) is 15.3 Å². The fourth-order valence-electron chi connectivity index (χ4n) is 4.21. The lowest BCUT2D eigenvalue weighted by Crippen LogP contribution is -2.19. The zero-order chi connectivity index (χ0) is 25.4. The maximum atomic E-state index is 13.7. The summed E-state index contributed by atoms with van der Waals surface area (Å²) in [4.78, 5) is 33.5. The number of anilines is 1. The summed E-state index contributed by atoms with van der Waals surface area (Å²) in [7, 11) is 1.67. The van der Waals surface area contributed by atoms with Gasteiger partial charge in [-0.15, -0.1) is 0 Å². The van der Waals surface area contributed by atoms with Crippen molar-refractivity contribution in [3.63, 3.8) is 0 Å².